The van der Waals surface area contributed by atoms with Crippen LogP contribution in [0.2, 0.25) is 0 Å². The van der Waals surface area contributed by atoms with E-state index in [-0.39, 0.29) is 0 Å². The van der Waals surface area contributed by atoms with Crippen LogP contribution in [0.3, 0.4) is 0 Å². The predicted octanol–water partition coefficient (Wildman–Crippen LogP) is 4.04. The minimum Gasteiger partial charge on any atom is -0.326 e. The van der Waals surface area contributed by atoms with Gasteiger partial charge in [0.2, 0.25) is 0 Å². The van der Waals surface area contributed by atoms with Gasteiger partial charge in [0.1, 0.15) is 0 Å². The molecule has 0 amide bonds. The van der Waals surface area contributed by atoms with Crippen molar-refractivity contribution in [2.45, 2.75) is 84.7 Å². The van der Waals surface area contributed by atoms with E-state index in [9.17, 15) is 0 Å². The first-order valence-corrected chi connectivity index (χ1v) is 8.59. The van der Waals surface area contributed by atoms with Gasteiger partial charge < -0.3 is 5.73 Å². The summed E-state index contributed by atoms with van der Waals surface area (Å²) < 4.78 is 0. The quantitative estimate of drug-likeness (QED) is 0.720. The van der Waals surface area contributed by atoms with Crippen molar-refractivity contribution in [2.75, 3.05) is 13.1 Å². The lowest BCUT2D eigenvalue weighted by Crippen LogP contribution is -2.52. The highest BCUT2D eigenvalue weighted by Gasteiger charge is 2.32. The van der Waals surface area contributed by atoms with E-state index in [0.29, 0.717) is 12.1 Å². The van der Waals surface area contributed by atoms with Gasteiger partial charge in [-0.3, -0.25) is 4.90 Å². The van der Waals surface area contributed by atoms with Crippen LogP contribution in [0.5, 0.6) is 0 Å². The van der Waals surface area contributed by atoms with Crippen molar-refractivity contribution in [1.29, 1.82) is 0 Å². The summed E-state index contributed by atoms with van der Waals surface area (Å²) in [6, 6.07) is 1.04. The van der Waals surface area contributed by atoms with Gasteiger partial charge in [-0.2, -0.15) is 0 Å². The average molecular weight is 268 g/mol. The molecule has 3 atom stereocenters. The fraction of sp³-hybridized carbons (Fsp3) is 1.00. The first-order chi connectivity index (χ1) is 9.10. The Morgan fingerprint density at radius 2 is 1.63 bits per heavy atom. The largest absolute Gasteiger partial charge is 0.326 e. The van der Waals surface area contributed by atoms with Crippen LogP contribution in [0.4, 0.5) is 0 Å². The molecular formula is C17H36N2. The third-order valence-electron chi connectivity index (χ3n) is 4.92. The van der Waals surface area contributed by atoms with E-state index in [4.69, 9.17) is 5.73 Å². The van der Waals surface area contributed by atoms with E-state index < -0.39 is 0 Å². The number of rotatable bonds is 8. The van der Waals surface area contributed by atoms with Crippen molar-refractivity contribution >= 4 is 0 Å². The summed E-state index contributed by atoms with van der Waals surface area (Å²) in [5.74, 6) is 1.70. The summed E-state index contributed by atoms with van der Waals surface area (Å²) in [7, 11) is 0. The smallest absolute Gasteiger partial charge is 0.0249 e. The molecule has 1 aliphatic rings. The zero-order valence-electron chi connectivity index (χ0n) is 13.7. The van der Waals surface area contributed by atoms with Gasteiger partial charge in [0.05, 0.1) is 0 Å². The molecule has 114 valence electrons. The van der Waals surface area contributed by atoms with Crippen molar-refractivity contribution in [3.8, 4) is 0 Å². The summed E-state index contributed by atoms with van der Waals surface area (Å²) in [4.78, 5) is 2.71. The van der Waals surface area contributed by atoms with Gasteiger partial charge in [0, 0.05) is 12.1 Å². The zero-order chi connectivity index (χ0) is 14.3. The first-order valence-electron chi connectivity index (χ1n) is 8.59. The lowest BCUT2D eigenvalue weighted by Gasteiger charge is -2.42. The van der Waals surface area contributed by atoms with Crippen molar-refractivity contribution < 1.29 is 0 Å². The minimum atomic E-state index is 0.406. The summed E-state index contributed by atoms with van der Waals surface area (Å²) >= 11 is 0. The summed E-state index contributed by atoms with van der Waals surface area (Å²) in [5.41, 5.74) is 6.44. The van der Waals surface area contributed by atoms with Crippen LogP contribution in [0.15, 0.2) is 0 Å². The van der Waals surface area contributed by atoms with Crippen molar-refractivity contribution in [1.82, 2.24) is 4.90 Å². The van der Waals surface area contributed by atoms with Crippen molar-refractivity contribution in [3.63, 3.8) is 0 Å². The Hall–Kier alpha value is -0.0800. The normalized spacial score (nSPS) is 28.3. The maximum absolute atomic E-state index is 6.44. The standard InChI is InChI=1S/C17H36N2/c1-5-7-11-19(12-8-6-2)17-13-15(14(3)4)9-10-16(17)18/h14-17H,5-13,18H2,1-4H3. The fourth-order valence-corrected chi connectivity index (χ4v) is 3.39. The van der Waals surface area contributed by atoms with Crippen LogP contribution in [0.25, 0.3) is 0 Å². The molecule has 1 saturated carbocycles. The molecule has 2 N–H and O–H groups in total. The number of unbranched alkanes of at least 4 members (excludes halogenated alkanes) is 2. The van der Waals surface area contributed by atoms with Crippen LogP contribution in [0, 0.1) is 11.8 Å². The van der Waals surface area contributed by atoms with Crippen molar-refractivity contribution in [2.24, 2.45) is 17.6 Å². The second kappa shape index (κ2) is 8.97. The van der Waals surface area contributed by atoms with E-state index in [1.165, 1.54) is 58.0 Å². The Bertz CT molecular complexity index is 219. The van der Waals surface area contributed by atoms with Gasteiger partial charge in [-0.1, -0.05) is 40.5 Å². The molecule has 0 heterocycles. The molecule has 1 rings (SSSR count). The topological polar surface area (TPSA) is 29.3 Å². The summed E-state index contributed by atoms with van der Waals surface area (Å²) in [6.45, 7) is 11.8. The molecule has 0 saturated heterocycles. The average Bonchev–Trinajstić information content (AvgIpc) is 2.40. The highest BCUT2D eigenvalue weighted by molar-refractivity contribution is 4.90. The second-order valence-corrected chi connectivity index (χ2v) is 6.79. The number of hydrogen-bond donors (Lipinski definition) is 1. The van der Waals surface area contributed by atoms with E-state index in [1.807, 2.05) is 0 Å². The number of nitrogens with zero attached hydrogens (tertiary/aromatic N) is 1. The first kappa shape index (κ1) is 17.0. The third-order valence-corrected chi connectivity index (χ3v) is 4.92. The molecule has 2 heteroatoms. The van der Waals surface area contributed by atoms with Crippen LogP contribution < -0.4 is 5.73 Å². The Balaban J connectivity index is 2.61. The van der Waals surface area contributed by atoms with E-state index in [0.717, 1.165) is 11.8 Å². The fourth-order valence-electron chi connectivity index (χ4n) is 3.39. The Kier molecular flexibility index (Phi) is 8.01. The molecule has 0 spiro atoms. The van der Waals surface area contributed by atoms with Crippen LogP contribution in [-0.2, 0) is 0 Å². The highest BCUT2D eigenvalue weighted by atomic mass is 15.2. The molecule has 3 unspecified atom stereocenters. The van der Waals surface area contributed by atoms with Crippen LogP contribution in [-0.4, -0.2) is 30.1 Å². The molecule has 0 aromatic heterocycles. The number of nitrogens with two attached hydrogens (primary N) is 1. The maximum atomic E-state index is 6.44. The molecule has 1 fully saturated rings. The van der Waals surface area contributed by atoms with Gasteiger partial charge in [-0.05, 0) is 57.0 Å². The molecule has 19 heavy (non-hydrogen) atoms. The Labute approximate surface area is 121 Å². The molecule has 0 bridgehead atoms. The van der Waals surface area contributed by atoms with Gasteiger partial charge >= 0.3 is 0 Å². The number of hydrogen-bond acceptors (Lipinski definition) is 2. The molecule has 1 aliphatic carbocycles. The Morgan fingerprint density at radius 3 is 2.11 bits per heavy atom. The highest BCUT2D eigenvalue weighted by Crippen LogP contribution is 2.32. The molecule has 0 aromatic carbocycles. The maximum Gasteiger partial charge on any atom is 0.0249 e. The molecule has 0 aromatic rings. The summed E-state index contributed by atoms with van der Waals surface area (Å²) in [5, 5.41) is 0. The SMILES string of the molecule is CCCCN(CCCC)C1CC(C(C)C)CCC1N. The van der Waals surface area contributed by atoms with Crippen molar-refractivity contribution in [3.05, 3.63) is 0 Å². The van der Waals surface area contributed by atoms with Gasteiger partial charge in [-0.25, -0.2) is 0 Å². The van der Waals surface area contributed by atoms with E-state index in [1.54, 1.807) is 0 Å². The lowest BCUT2D eigenvalue weighted by molar-refractivity contribution is 0.0937. The Morgan fingerprint density at radius 1 is 1.05 bits per heavy atom. The molecule has 0 radical (unpaired) electrons. The predicted molar refractivity (Wildman–Crippen MR) is 85.3 cm³/mol. The second-order valence-electron chi connectivity index (χ2n) is 6.79. The molecule has 0 aliphatic heterocycles. The van der Waals surface area contributed by atoms with E-state index >= 15 is 0 Å². The zero-order valence-corrected chi connectivity index (χ0v) is 13.7. The monoisotopic (exact) mass is 268 g/mol. The molecular weight excluding hydrogens is 232 g/mol. The van der Waals surface area contributed by atoms with Crippen LogP contribution >= 0.6 is 0 Å². The molecule has 2 nitrogen and oxygen atoms in total. The minimum absolute atomic E-state index is 0.406. The van der Waals surface area contributed by atoms with Gasteiger partial charge in [-0.15, -0.1) is 0 Å². The summed E-state index contributed by atoms with van der Waals surface area (Å²) in [6.07, 6.45) is 9.11. The van der Waals surface area contributed by atoms with Gasteiger partial charge in [0.15, 0.2) is 0 Å². The van der Waals surface area contributed by atoms with E-state index in [2.05, 4.69) is 32.6 Å². The van der Waals surface area contributed by atoms with Gasteiger partial charge in [0.25, 0.3) is 0 Å². The van der Waals surface area contributed by atoms with Crippen LogP contribution in [0.1, 0.15) is 72.6 Å². The lowest BCUT2D eigenvalue weighted by atomic mass is 9.76. The third kappa shape index (κ3) is 5.43.